The molecule has 1 aliphatic heterocycles. The molecule has 0 amide bonds. The molecule has 0 unspecified atom stereocenters. The maximum absolute atomic E-state index is 6.11. The number of pyridine rings is 1. The lowest BCUT2D eigenvalue weighted by Gasteiger charge is -2.31. The minimum absolute atomic E-state index is 0.137. The second-order valence-electron chi connectivity index (χ2n) is 6.69. The van der Waals surface area contributed by atoms with E-state index in [-0.39, 0.29) is 11.4 Å². The smallest absolute Gasteiger partial charge is 0.100 e. The number of nitrogens with zero attached hydrogens (tertiary/aromatic N) is 1. The first-order chi connectivity index (χ1) is 13.4. The monoisotopic (exact) mass is 376 g/mol. The van der Waals surface area contributed by atoms with Gasteiger partial charge in [0.2, 0.25) is 0 Å². The minimum atomic E-state index is 0.137. The number of aromatic nitrogens is 1. The fraction of sp³-hybridized carbons (Fsp3) is 0.261. The van der Waals surface area contributed by atoms with Crippen LogP contribution in [0.2, 0.25) is 0 Å². The van der Waals surface area contributed by atoms with E-state index >= 15 is 0 Å². The van der Waals surface area contributed by atoms with Gasteiger partial charge in [0.15, 0.2) is 0 Å². The highest BCUT2D eigenvalue weighted by molar-refractivity contribution is 7.99. The van der Waals surface area contributed by atoms with Gasteiger partial charge in [0.25, 0.3) is 0 Å². The third-order valence-electron chi connectivity index (χ3n) is 4.75. The summed E-state index contributed by atoms with van der Waals surface area (Å²) in [5.74, 6) is 0. The van der Waals surface area contributed by atoms with Gasteiger partial charge in [-0.2, -0.15) is 0 Å². The van der Waals surface area contributed by atoms with Gasteiger partial charge >= 0.3 is 0 Å². The summed E-state index contributed by atoms with van der Waals surface area (Å²) in [6, 6.07) is 25.4. The summed E-state index contributed by atoms with van der Waals surface area (Å²) in [7, 11) is 0. The second kappa shape index (κ2) is 9.18. The number of benzene rings is 2. The molecule has 138 valence electrons. The van der Waals surface area contributed by atoms with Gasteiger partial charge in [-0.25, -0.2) is 4.98 Å². The summed E-state index contributed by atoms with van der Waals surface area (Å²) in [5, 5.41) is 4.77. The number of hydrogen-bond acceptors (Lipinski definition) is 4. The molecule has 0 saturated carbocycles. The summed E-state index contributed by atoms with van der Waals surface area (Å²) >= 11 is 1.82. The van der Waals surface area contributed by atoms with Crippen LogP contribution in [0, 0.1) is 0 Å². The summed E-state index contributed by atoms with van der Waals surface area (Å²) in [6.07, 6.45) is 2.92. The first-order valence-corrected chi connectivity index (χ1v) is 10.3. The Morgan fingerprint density at radius 2 is 1.78 bits per heavy atom. The van der Waals surface area contributed by atoms with Crippen molar-refractivity contribution in [1.29, 1.82) is 0 Å². The molecule has 4 rings (SSSR count). The number of rotatable bonds is 6. The molecule has 0 aliphatic carbocycles. The van der Waals surface area contributed by atoms with Gasteiger partial charge < -0.3 is 10.1 Å². The molecule has 0 radical (unpaired) electrons. The molecule has 0 bridgehead atoms. The van der Waals surface area contributed by atoms with E-state index in [1.54, 1.807) is 0 Å². The van der Waals surface area contributed by atoms with Crippen LogP contribution in [-0.4, -0.2) is 30.8 Å². The Kier molecular flexibility index (Phi) is 6.20. The molecule has 27 heavy (non-hydrogen) atoms. The first kappa shape index (κ1) is 18.2. The molecular formula is C23H24N2OS. The Labute approximate surface area is 165 Å². The van der Waals surface area contributed by atoms with Crippen molar-refractivity contribution in [2.75, 3.05) is 19.7 Å². The highest BCUT2D eigenvalue weighted by atomic mass is 32.2. The largest absolute Gasteiger partial charge is 0.374 e. The number of morpholine rings is 1. The second-order valence-corrected chi connectivity index (χ2v) is 7.82. The van der Waals surface area contributed by atoms with Crippen molar-refractivity contribution < 1.29 is 4.74 Å². The molecule has 1 aliphatic rings. The Morgan fingerprint density at radius 1 is 1.00 bits per heavy atom. The van der Waals surface area contributed by atoms with Crippen LogP contribution in [0.25, 0.3) is 0 Å². The van der Waals surface area contributed by atoms with Gasteiger partial charge in [-0.3, -0.25) is 0 Å². The molecule has 2 atom stereocenters. The van der Waals surface area contributed by atoms with Crippen molar-refractivity contribution in [3.63, 3.8) is 0 Å². The zero-order chi connectivity index (χ0) is 18.3. The average molecular weight is 377 g/mol. The molecule has 0 spiro atoms. The summed E-state index contributed by atoms with van der Waals surface area (Å²) in [5.41, 5.74) is 3.85. The van der Waals surface area contributed by atoms with E-state index in [1.807, 2.05) is 24.0 Å². The molecule has 1 aromatic heterocycles. The zero-order valence-corrected chi connectivity index (χ0v) is 16.1. The third kappa shape index (κ3) is 4.78. The number of hydrogen-bond donors (Lipinski definition) is 1. The van der Waals surface area contributed by atoms with E-state index in [2.05, 4.69) is 72.0 Å². The Balaban J connectivity index is 1.61. The summed E-state index contributed by atoms with van der Waals surface area (Å²) in [4.78, 5) is 4.72. The van der Waals surface area contributed by atoms with Crippen molar-refractivity contribution >= 4 is 11.8 Å². The van der Waals surface area contributed by atoms with Gasteiger partial charge in [-0.05, 0) is 22.8 Å². The molecule has 1 N–H and O–H groups in total. The van der Waals surface area contributed by atoms with Crippen LogP contribution in [0.4, 0.5) is 0 Å². The van der Waals surface area contributed by atoms with Gasteiger partial charge in [-0.15, -0.1) is 0 Å². The maximum Gasteiger partial charge on any atom is 0.100 e. The third-order valence-corrected chi connectivity index (χ3v) is 6.17. The standard InChI is InChI=1S/C23H24N2OS/c1-3-8-18(9-4-1)16-20-12-7-13-25-23(20)27-22(19-10-5-2-6-11-19)21-17-24-14-15-26-21/h1-13,21-22,24H,14-17H2/t21-,22-/m0/s1. The van der Waals surface area contributed by atoms with Crippen molar-refractivity contribution in [3.05, 3.63) is 95.7 Å². The number of ether oxygens (including phenoxy) is 1. The van der Waals surface area contributed by atoms with Gasteiger partial charge in [0, 0.05) is 25.7 Å². The number of thioether (sulfide) groups is 1. The quantitative estimate of drug-likeness (QED) is 0.643. The van der Waals surface area contributed by atoms with Crippen molar-refractivity contribution in [2.45, 2.75) is 22.8 Å². The lowest BCUT2D eigenvalue weighted by Crippen LogP contribution is -2.41. The fourth-order valence-corrected chi connectivity index (χ4v) is 4.66. The summed E-state index contributed by atoms with van der Waals surface area (Å²) < 4.78 is 6.11. The predicted octanol–water partition coefficient (Wildman–Crippen LogP) is 4.49. The van der Waals surface area contributed by atoms with Crippen LogP contribution in [0.3, 0.4) is 0 Å². The van der Waals surface area contributed by atoms with E-state index in [1.165, 1.54) is 16.7 Å². The van der Waals surface area contributed by atoms with Gasteiger partial charge in [0.05, 0.1) is 18.0 Å². The van der Waals surface area contributed by atoms with E-state index in [9.17, 15) is 0 Å². The molecule has 2 aromatic carbocycles. The lowest BCUT2D eigenvalue weighted by atomic mass is 10.1. The summed E-state index contributed by atoms with van der Waals surface area (Å²) in [6.45, 7) is 2.55. The highest BCUT2D eigenvalue weighted by Gasteiger charge is 2.28. The molecule has 4 heteroatoms. The molecule has 3 nitrogen and oxygen atoms in total. The normalized spacial score (nSPS) is 18.1. The van der Waals surface area contributed by atoms with Crippen LogP contribution in [0.5, 0.6) is 0 Å². The van der Waals surface area contributed by atoms with Crippen molar-refractivity contribution in [1.82, 2.24) is 10.3 Å². The Bertz CT molecular complexity index is 835. The Hall–Kier alpha value is -2.14. The molecule has 1 fully saturated rings. The van der Waals surface area contributed by atoms with Crippen molar-refractivity contribution in [3.8, 4) is 0 Å². The fourth-order valence-electron chi connectivity index (χ4n) is 3.38. The van der Waals surface area contributed by atoms with E-state index in [4.69, 9.17) is 9.72 Å². The predicted molar refractivity (Wildman–Crippen MR) is 111 cm³/mol. The zero-order valence-electron chi connectivity index (χ0n) is 15.3. The van der Waals surface area contributed by atoms with Crippen LogP contribution in [0.1, 0.15) is 21.9 Å². The topological polar surface area (TPSA) is 34.2 Å². The minimum Gasteiger partial charge on any atom is -0.374 e. The average Bonchev–Trinajstić information content (AvgIpc) is 2.75. The van der Waals surface area contributed by atoms with E-state index in [0.29, 0.717) is 0 Å². The van der Waals surface area contributed by atoms with Gasteiger partial charge in [0.1, 0.15) is 5.03 Å². The molecule has 3 aromatic rings. The van der Waals surface area contributed by atoms with Crippen LogP contribution in [0.15, 0.2) is 84.0 Å². The molecule has 2 heterocycles. The molecule has 1 saturated heterocycles. The lowest BCUT2D eigenvalue weighted by molar-refractivity contribution is 0.0273. The van der Waals surface area contributed by atoms with Crippen LogP contribution in [-0.2, 0) is 11.2 Å². The number of nitrogens with one attached hydrogen (secondary N) is 1. The van der Waals surface area contributed by atoms with Crippen LogP contribution >= 0.6 is 11.8 Å². The van der Waals surface area contributed by atoms with Crippen molar-refractivity contribution in [2.24, 2.45) is 0 Å². The highest BCUT2D eigenvalue weighted by Crippen LogP contribution is 2.40. The van der Waals surface area contributed by atoms with E-state index in [0.717, 1.165) is 31.1 Å². The van der Waals surface area contributed by atoms with E-state index < -0.39 is 0 Å². The Morgan fingerprint density at radius 3 is 2.52 bits per heavy atom. The van der Waals surface area contributed by atoms with Crippen LogP contribution < -0.4 is 5.32 Å². The molecular weight excluding hydrogens is 352 g/mol. The first-order valence-electron chi connectivity index (χ1n) is 9.42. The SMILES string of the molecule is c1ccc(Cc2cccnc2S[C@@H](c2ccccc2)[C@@H]2CNCCO2)cc1. The van der Waals surface area contributed by atoms with Gasteiger partial charge in [-0.1, -0.05) is 78.5 Å². The maximum atomic E-state index is 6.11.